The molecule has 1 amide bonds. The highest BCUT2D eigenvalue weighted by Gasteiger charge is 2.39. The number of nitrogens with one attached hydrogen (secondary N) is 2. The number of benzene rings is 1. The van der Waals surface area contributed by atoms with E-state index in [1.165, 1.54) is 6.20 Å². The van der Waals surface area contributed by atoms with E-state index < -0.39 is 35.1 Å². The van der Waals surface area contributed by atoms with Crippen LogP contribution >= 0.6 is 0 Å². The van der Waals surface area contributed by atoms with Crippen LogP contribution in [0, 0.1) is 23.4 Å². The van der Waals surface area contributed by atoms with Gasteiger partial charge in [0.2, 0.25) is 23.7 Å². The van der Waals surface area contributed by atoms with Gasteiger partial charge in [-0.05, 0) is 32.1 Å². The van der Waals surface area contributed by atoms with E-state index in [4.69, 9.17) is 5.73 Å². The standard InChI is InChI=1S/C23H24F5N7O/c24-12-7-15(25)18(16(26)8-12)33-22-32-17-10-30-21(31-13-5-6-23(27,28)9-13)34-20(17)35(22)14-3-1-11(2-4-14)19(29)36/h7-8,10-11,13-14H,1-6,9H2,(H2,29,36)(H,32,33)(H,30,31,34)/t11-,13?,14+. The topological polar surface area (TPSA) is 111 Å². The zero-order valence-corrected chi connectivity index (χ0v) is 19.1. The number of nitrogens with two attached hydrogens (primary N) is 1. The largest absolute Gasteiger partial charge is 0.369 e. The lowest BCUT2D eigenvalue weighted by Gasteiger charge is -2.29. The van der Waals surface area contributed by atoms with Crippen LogP contribution in [0.1, 0.15) is 51.0 Å². The van der Waals surface area contributed by atoms with Crippen molar-refractivity contribution in [1.29, 1.82) is 0 Å². The summed E-state index contributed by atoms with van der Waals surface area (Å²) in [6.07, 6.45) is 3.15. The van der Waals surface area contributed by atoms with Crippen LogP contribution in [0.2, 0.25) is 0 Å². The van der Waals surface area contributed by atoms with Crippen molar-refractivity contribution in [1.82, 2.24) is 19.5 Å². The van der Waals surface area contributed by atoms with Crippen molar-refractivity contribution in [2.75, 3.05) is 10.6 Å². The number of nitrogens with zero attached hydrogens (tertiary/aromatic N) is 4. The molecule has 2 aliphatic carbocycles. The smallest absolute Gasteiger partial charge is 0.250 e. The minimum atomic E-state index is -2.75. The summed E-state index contributed by atoms with van der Waals surface area (Å²) in [7, 11) is 0. The molecule has 0 spiro atoms. The summed E-state index contributed by atoms with van der Waals surface area (Å²) in [5.74, 6) is -6.58. The average molecular weight is 509 g/mol. The second-order valence-electron chi connectivity index (χ2n) is 9.43. The van der Waals surface area contributed by atoms with Gasteiger partial charge >= 0.3 is 0 Å². The summed E-state index contributed by atoms with van der Waals surface area (Å²) in [4.78, 5) is 24.7. The molecule has 4 N–H and O–H groups in total. The highest BCUT2D eigenvalue weighted by atomic mass is 19.3. The van der Waals surface area contributed by atoms with E-state index in [1.54, 1.807) is 4.57 Å². The van der Waals surface area contributed by atoms with Crippen LogP contribution in [-0.4, -0.2) is 37.4 Å². The highest BCUT2D eigenvalue weighted by molar-refractivity contribution is 5.78. The molecule has 3 aromatic rings. The van der Waals surface area contributed by atoms with E-state index in [2.05, 4.69) is 25.6 Å². The number of anilines is 3. The Bertz CT molecular complexity index is 1280. The van der Waals surface area contributed by atoms with E-state index in [-0.39, 0.29) is 49.0 Å². The van der Waals surface area contributed by atoms with Gasteiger partial charge in [0.05, 0.1) is 6.20 Å². The molecule has 2 fully saturated rings. The van der Waals surface area contributed by atoms with Crippen LogP contribution in [0.3, 0.4) is 0 Å². The molecule has 0 radical (unpaired) electrons. The third-order valence-corrected chi connectivity index (χ3v) is 6.88. The summed E-state index contributed by atoms with van der Waals surface area (Å²) in [6, 6.07) is 0.351. The van der Waals surface area contributed by atoms with Crippen molar-refractivity contribution in [2.24, 2.45) is 11.7 Å². The van der Waals surface area contributed by atoms with E-state index in [9.17, 15) is 26.7 Å². The molecule has 192 valence electrons. The fraction of sp³-hybridized carbons (Fsp3) is 0.478. The van der Waals surface area contributed by atoms with Gasteiger partial charge in [0.25, 0.3) is 0 Å². The molecule has 0 bridgehead atoms. The lowest BCUT2D eigenvalue weighted by Crippen LogP contribution is -2.29. The molecule has 1 aromatic carbocycles. The predicted molar refractivity (Wildman–Crippen MR) is 121 cm³/mol. The monoisotopic (exact) mass is 509 g/mol. The van der Waals surface area contributed by atoms with Crippen molar-refractivity contribution >= 4 is 34.7 Å². The van der Waals surface area contributed by atoms with Crippen molar-refractivity contribution in [2.45, 2.75) is 63.0 Å². The Morgan fingerprint density at radius 1 is 1.06 bits per heavy atom. The van der Waals surface area contributed by atoms with Crippen LogP contribution in [0.25, 0.3) is 11.2 Å². The van der Waals surface area contributed by atoms with Crippen LogP contribution in [-0.2, 0) is 4.79 Å². The molecule has 0 aliphatic heterocycles. The molecular weight excluding hydrogens is 485 g/mol. The van der Waals surface area contributed by atoms with Gasteiger partial charge in [-0.1, -0.05) is 0 Å². The van der Waals surface area contributed by atoms with Gasteiger partial charge in [-0.25, -0.2) is 31.9 Å². The molecular formula is C23H24F5N7O. The first-order valence-corrected chi connectivity index (χ1v) is 11.7. The number of hydrogen-bond acceptors (Lipinski definition) is 6. The van der Waals surface area contributed by atoms with Crippen molar-refractivity contribution in [3.05, 3.63) is 35.8 Å². The molecule has 8 nitrogen and oxygen atoms in total. The molecule has 2 heterocycles. The first-order chi connectivity index (χ1) is 17.1. The number of rotatable bonds is 6. The first kappa shape index (κ1) is 24.2. The summed E-state index contributed by atoms with van der Waals surface area (Å²) in [5.41, 5.74) is 5.49. The summed E-state index contributed by atoms with van der Waals surface area (Å²) >= 11 is 0. The molecule has 2 saturated carbocycles. The van der Waals surface area contributed by atoms with Gasteiger partial charge < -0.3 is 16.4 Å². The number of primary amides is 1. The van der Waals surface area contributed by atoms with E-state index in [0.717, 1.165) is 0 Å². The Kier molecular flexibility index (Phi) is 6.17. The highest BCUT2D eigenvalue weighted by Crippen LogP contribution is 2.38. The third kappa shape index (κ3) is 4.78. The summed E-state index contributed by atoms with van der Waals surface area (Å²) < 4.78 is 71.1. The SMILES string of the molecule is NC(=O)[C@H]1CC[C@@H](n2c(Nc3c(F)cc(F)cc3F)nc3cnc(NC4CCC(F)(F)C4)nc32)CC1. The molecule has 2 aliphatic rings. The normalized spacial score (nSPS) is 23.6. The van der Waals surface area contributed by atoms with Crippen molar-refractivity contribution in [3.8, 4) is 0 Å². The Morgan fingerprint density at radius 2 is 1.75 bits per heavy atom. The Balaban J connectivity index is 1.52. The maximum atomic E-state index is 14.4. The van der Waals surface area contributed by atoms with Gasteiger partial charge in [0.1, 0.15) is 17.0 Å². The summed E-state index contributed by atoms with van der Waals surface area (Å²) in [5, 5.41) is 5.55. The number of hydrogen-bond donors (Lipinski definition) is 3. The number of imidazole rings is 1. The number of carbonyl (C=O) groups is 1. The Morgan fingerprint density at radius 3 is 2.36 bits per heavy atom. The van der Waals surface area contributed by atoms with Crippen LogP contribution in [0.5, 0.6) is 0 Å². The van der Waals surface area contributed by atoms with Gasteiger partial charge in [-0.2, -0.15) is 4.98 Å². The Labute approximate surface area is 202 Å². The minimum absolute atomic E-state index is 0.0517. The molecule has 0 saturated heterocycles. The van der Waals surface area contributed by atoms with Gasteiger partial charge in [-0.15, -0.1) is 0 Å². The quantitative estimate of drug-likeness (QED) is 0.412. The van der Waals surface area contributed by atoms with E-state index >= 15 is 0 Å². The van der Waals surface area contributed by atoms with Crippen LogP contribution < -0.4 is 16.4 Å². The fourth-order valence-electron chi connectivity index (χ4n) is 5.04. The van der Waals surface area contributed by atoms with Crippen molar-refractivity contribution in [3.63, 3.8) is 0 Å². The second kappa shape index (κ2) is 9.17. The number of amides is 1. The second-order valence-corrected chi connectivity index (χ2v) is 9.43. The molecule has 1 unspecified atom stereocenters. The maximum Gasteiger partial charge on any atom is 0.250 e. The van der Waals surface area contributed by atoms with Gasteiger partial charge in [-0.3, -0.25) is 9.36 Å². The zero-order chi connectivity index (χ0) is 25.6. The Hall–Kier alpha value is -3.51. The van der Waals surface area contributed by atoms with Gasteiger partial charge in [0.15, 0.2) is 17.3 Å². The van der Waals surface area contributed by atoms with Crippen LogP contribution in [0.15, 0.2) is 18.3 Å². The third-order valence-electron chi connectivity index (χ3n) is 6.88. The summed E-state index contributed by atoms with van der Waals surface area (Å²) in [6.45, 7) is 0. The molecule has 36 heavy (non-hydrogen) atoms. The first-order valence-electron chi connectivity index (χ1n) is 11.7. The molecule has 1 atom stereocenters. The number of carbonyl (C=O) groups excluding carboxylic acids is 1. The number of fused-ring (bicyclic) bond motifs is 1. The number of aromatic nitrogens is 4. The van der Waals surface area contributed by atoms with E-state index in [1.807, 2.05) is 0 Å². The van der Waals surface area contributed by atoms with E-state index in [0.29, 0.717) is 49.0 Å². The predicted octanol–water partition coefficient (Wildman–Crippen LogP) is 4.80. The average Bonchev–Trinajstić information content (AvgIpc) is 3.34. The minimum Gasteiger partial charge on any atom is -0.369 e. The zero-order valence-electron chi connectivity index (χ0n) is 19.1. The molecule has 13 heteroatoms. The van der Waals surface area contributed by atoms with Crippen molar-refractivity contribution < 1.29 is 26.7 Å². The molecule has 2 aromatic heterocycles. The van der Waals surface area contributed by atoms with Gasteiger partial charge in [0, 0.05) is 43.0 Å². The lowest BCUT2D eigenvalue weighted by atomic mass is 9.85. The number of halogens is 5. The molecule has 5 rings (SSSR count). The number of alkyl halides is 2. The fourth-order valence-corrected chi connectivity index (χ4v) is 5.04. The maximum absolute atomic E-state index is 14.4. The lowest BCUT2D eigenvalue weighted by molar-refractivity contribution is -0.122. The van der Waals surface area contributed by atoms with Crippen LogP contribution in [0.4, 0.5) is 39.5 Å².